The summed E-state index contributed by atoms with van der Waals surface area (Å²) in [6, 6.07) is 21.2. The highest BCUT2D eigenvalue weighted by molar-refractivity contribution is 7.92. The van der Waals surface area contributed by atoms with Crippen LogP contribution in [-0.4, -0.2) is 24.5 Å². The molecule has 156 valence electrons. The zero-order valence-corrected chi connectivity index (χ0v) is 17.3. The molecule has 0 saturated heterocycles. The molecule has 0 bridgehead atoms. The number of para-hydroxylation sites is 2. The molecule has 0 saturated carbocycles. The van der Waals surface area contributed by atoms with Crippen LogP contribution in [0.3, 0.4) is 0 Å². The minimum Gasteiger partial charge on any atom is -0.334 e. The molecule has 0 spiro atoms. The number of nitrogens with zero attached hydrogens (tertiary/aromatic N) is 2. The first-order chi connectivity index (χ1) is 14.9. The number of rotatable bonds is 6. The van der Waals surface area contributed by atoms with Crippen LogP contribution in [0.15, 0.2) is 88.3 Å². The summed E-state index contributed by atoms with van der Waals surface area (Å²) in [6.07, 6.45) is 0. The van der Waals surface area contributed by atoms with Crippen molar-refractivity contribution in [1.29, 1.82) is 0 Å². The van der Waals surface area contributed by atoms with Crippen molar-refractivity contribution in [2.75, 3.05) is 10.0 Å². The molecule has 9 heteroatoms. The van der Waals surface area contributed by atoms with Gasteiger partial charge in [0.05, 0.1) is 16.3 Å². The molecule has 0 unspecified atom stereocenters. The first-order valence-corrected chi connectivity index (χ1v) is 10.8. The number of carbonyl (C=O) groups is 1. The number of hydrogen-bond acceptors (Lipinski definition) is 6. The van der Waals surface area contributed by atoms with Crippen molar-refractivity contribution in [1.82, 2.24) is 10.1 Å². The number of benzene rings is 3. The second kappa shape index (κ2) is 8.41. The van der Waals surface area contributed by atoms with E-state index in [4.69, 9.17) is 4.52 Å². The minimum atomic E-state index is -3.80. The molecule has 0 fully saturated rings. The van der Waals surface area contributed by atoms with E-state index in [1.165, 1.54) is 12.1 Å². The van der Waals surface area contributed by atoms with Crippen molar-refractivity contribution < 1.29 is 17.7 Å². The number of sulfonamides is 1. The molecule has 0 radical (unpaired) electrons. The molecular weight excluding hydrogens is 416 g/mol. The quantitative estimate of drug-likeness (QED) is 0.472. The van der Waals surface area contributed by atoms with Crippen molar-refractivity contribution in [3.8, 4) is 11.5 Å². The van der Waals surface area contributed by atoms with Gasteiger partial charge in [0.2, 0.25) is 0 Å². The van der Waals surface area contributed by atoms with Gasteiger partial charge in [0.25, 0.3) is 21.8 Å². The molecule has 0 aliphatic heterocycles. The fraction of sp³-hybridized carbons (Fsp3) is 0.0455. The predicted molar refractivity (Wildman–Crippen MR) is 116 cm³/mol. The minimum absolute atomic E-state index is 0.128. The Morgan fingerprint density at radius 2 is 1.52 bits per heavy atom. The molecule has 1 heterocycles. The van der Waals surface area contributed by atoms with E-state index < -0.39 is 10.0 Å². The Morgan fingerprint density at radius 3 is 2.16 bits per heavy atom. The Balaban J connectivity index is 1.53. The van der Waals surface area contributed by atoms with Crippen molar-refractivity contribution in [2.45, 2.75) is 11.8 Å². The average Bonchev–Trinajstić information content (AvgIpc) is 3.22. The van der Waals surface area contributed by atoms with Gasteiger partial charge in [-0.1, -0.05) is 35.5 Å². The van der Waals surface area contributed by atoms with Crippen LogP contribution in [0.2, 0.25) is 0 Å². The third-order valence-corrected chi connectivity index (χ3v) is 5.78. The largest absolute Gasteiger partial charge is 0.334 e. The summed E-state index contributed by atoms with van der Waals surface area (Å²) in [5, 5.41) is 6.49. The topological polar surface area (TPSA) is 114 Å². The van der Waals surface area contributed by atoms with E-state index in [0.29, 0.717) is 28.5 Å². The van der Waals surface area contributed by atoms with E-state index in [2.05, 4.69) is 20.2 Å². The molecule has 3 aromatic carbocycles. The lowest BCUT2D eigenvalue weighted by atomic mass is 10.1. The number of aromatic nitrogens is 2. The predicted octanol–water partition coefficient (Wildman–Crippen LogP) is 4.10. The third kappa shape index (κ3) is 4.62. The average molecular weight is 434 g/mol. The number of nitrogens with one attached hydrogen (secondary N) is 2. The molecule has 0 aliphatic rings. The Bertz CT molecular complexity index is 1320. The highest BCUT2D eigenvalue weighted by Crippen LogP contribution is 2.25. The summed E-state index contributed by atoms with van der Waals surface area (Å²) in [5.74, 6) is 0.496. The van der Waals surface area contributed by atoms with Crippen LogP contribution in [0.5, 0.6) is 0 Å². The van der Waals surface area contributed by atoms with Crippen LogP contribution in [0.1, 0.15) is 16.2 Å². The summed E-state index contributed by atoms with van der Waals surface area (Å²) in [4.78, 5) is 17.0. The van der Waals surface area contributed by atoms with Crippen LogP contribution >= 0.6 is 0 Å². The highest BCUT2D eigenvalue weighted by atomic mass is 32.2. The molecular formula is C22H18N4O4S. The first-order valence-electron chi connectivity index (χ1n) is 9.31. The van der Waals surface area contributed by atoms with Gasteiger partial charge in [-0.2, -0.15) is 4.98 Å². The molecule has 0 atom stereocenters. The van der Waals surface area contributed by atoms with Crippen LogP contribution < -0.4 is 10.0 Å². The zero-order chi connectivity index (χ0) is 21.8. The Labute approximate surface area is 179 Å². The monoisotopic (exact) mass is 434 g/mol. The molecule has 0 aliphatic carbocycles. The van der Waals surface area contributed by atoms with Crippen molar-refractivity contribution in [3.63, 3.8) is 0 Å². The van der Waals surface area contributed by atoms with Gasteiger partial charge in [0.1, 0.15) is 0 Å². The molecule has 8 nitrogen and oxygen atoms in total. The van der Waals surface area contributed by atoms with E-state index in [1.807, 2.05) is 0 Å². The Kier molecular flexibility index (Phi) is 5.50. The standard InChI is InChI=1S/C22H18N4O4S/c1-15-23-22(30-25-15)17-13-11-16(12-14-17)21(27)24-19-9-5-6-10-20(19)26-31(28,29)18-7-3-2-4-8-18/h2-14,26H,1H3,(H,24,27). The lowest BCUT2D eigenvalue weighted by Crippen LogP contribution is -2.17. The lowest BCUT2D eigenvalue weighted by Gasteiger charge is -2.13. The van der Waals surface area contributed by atoms with Crippen molar-refractivity contribution in [2.24, 2.45) is 0 Å². The van der Waals surface area contributed by atoms with E-state index >= 15 is 0 Å². The maximum atomic E-state index is 12.7. The maximum absolute atomic E-state index is 12.7. The van der Waals surface area contributed by atoms with Crippen molar-refractivity contribution >= 4 is 27.3 Å². The summed E-state index contributed by atoms with van der Waals surface area (Å²) < 4.78 is 32.9. The van der Waals surface area contributed by atoms with Gasteiger partial charge in [-0.15, -0.1) is 0 Å². The third-order valence-electron chi connectivity index (χ3n) is 4.39. The maximum Gasteiger partial charge on any atom is 0.261 e. The Morgan fingerprint density at radius 1 is 0.871 bits per heavy atom. The van der Waals surface area contributed by atoms with Gasteiger partial charge >= 0.3 is 0 Å². The van der Waals surface area contributed by atoms with E-state index in [9.17, 15) is 13.2 Å². The van der Waals surface area contributed by atoms with Crippen LogP contribution in [0.4, 0.5) is 11.4 Å². The number of carbonyl (C=O) groups excluding carboxylic acids is 1. The van der Waals surface area contributed by atoms with Gasteiger partial charge < -0.3 is 9.84 Å². The fourth-order valence-corrected chi connectivity index (χ4v) is 3.96. The normalized spacial score (nSPS) is 11.1. The van der Waals surface area contributed by atoms with E-state index in [0.717, 1.165) is 0 Å². The molecule has 4 aromatic rings. The van der Waals surface area contributed by atoms with Crippen molar-refractivity contribution in [3.05, 3.63) is 90.3 Å². The highest BCUT2D eigenvalue weighted by Gasteiger charge is 2.17. The van der Waals surface area contributed by atoms with Crippen LogP contribution in [0, 0.1) is 6.92 Å². The number of anilines is 2. The first kappa shape index (κ1) is 20.3. The molecule has 1 aromatic heterocycles. The number of amides is 1. The van der Waals surface area contributed by atoms with Gasteiger partial charge in [0.15, 0.2) is 5.82 Å². The fourth-order valence-electron chi connectivity index (χ4n) is 2.86. The van der Waals surface area contributed by atoms with E-state index in [1.54, 1.807) is 73.7 Å². The number of aryl methyl sites for hydroxylation is 1. The lowest BCUT2D eigenvalue weighted by molar-refractivity contribution is 0.102. The van der Waals surface area contributed by atoms with E-state index in [-0.39, 0.29) is 16.5 Å². The van der Waals surface area contributed by atoms with Gasteiger partial charge in [0, 0.05) is 11.1 Å². The van der Waals surface area contributed by atoms with Crippen LogP contribution in [0.25, 0.3) is 11.5 Å². The van der Waals surface area contributed by atoms with Crippen LogP contribution in [-0.2, 0) is 10.0 Å². The molecule has 1 amide bonds. The zero-order valence-electron chi connectivity index (χ0n) is 16.4. The molecule has 2 N–H and O–H groups in total. The summed E-state index contributed by atoms with van der Waals surface area (Å²) >= 11 is 0. The second-order valence-electron chi connectivity index (χ2n) is 6.64. The van der Waals surface area contributed by atoms with Gasteiger partial charge in [-0.05, 0) is 55.5 Å². The second-order valence-corrected chi connectivity index (χ2v) is 8.32. The number of hydrogen-bond donors (Lipinski definition) is 2. The summed E-state index contributed by atoms with van der Waals surface area (Å²) in [6.45, 7) is 1.72. The summed E-state index contributed by atoms with van der Waals surface area (Å²) in [5.41, 5.74) is 1.68. The Hall–Kier alpha value is -3.98. The smallest absolute Gasteiger partial charge is 0.261 e. The molecule has 4 rings (SSSR count). The van der Waals surface area contributed by atoms with Gasteiger partial charge in [-0.25, -0.2) is 8.42 Å². The molecule has 31 heavy (non-hydrogen) atoms. The SMILES string of the molecule is Cc1noc(-c2ccc(C(=O)Nc3ccccc3NS(=O)(=O)c3ccccc3)cc2)n1. The van der Waals surface area contributed by atoms with Gasteiger partial charge in [-0.3, -0.25) is 9.52 Å². The summed E-state index contributed by atoms with van der Waals surface area (Å²) in [7, 11) is -3.80.